The number of anilines is 1. The molecule has 0 saturated heterocycles. The minimum Gasteiger partial charge on any atom is -0.410 e. The quantitative estimate of drug-likeness (QED) is 0.663. The van der Waals surface area contributed by atoms with Crippen LogP contribution in [0.4, 0.5) is 15.3 Å². The van der Waals surface area contributed by atoms with E-state index in [1.807, 2.05) is 0 Å². The average molecular weight is 335 g/mol. The number of unbranched alkanes of at least 4 members (excludes halogenated alkanes) is 5. The minimum atomic E-state index is -0.450. The van der Waals surface area contributed by atoms with Crippen LogP contribution in [0.5, 0.6) is 5.75 Å². The zero-order chi connectivity index (χ0) is 17.8. The van der Waals surface area contributed by atoms with Crippen molar-refractivity contribution < 1.29 is 14.3 Å². The molecule has 0 atom stereocenters. The Bertz CT molecular complexity index is 501. The van der Waals surface area contributed by atoms with Crippen LogP contribution in [-0.2, 0) is 0 Å². The van der Waals surface area contributed by atoms with E-state index in [1.54, 1.807) is 38.4 Å². The Morgan fingerprint density at radius 2 is 1.62 bits per heavy atom. The van der Waals surface area contributed by atoms with Gasteiger partial charge in [-0.15, -0.1) is 0 Å². The highest BCUT2D eigenvalue weighted by Crippen LogP contribution is 2.16. The van der Waals surface area contributed by atoms with E-state index in [2.05, 4.69) is 17.6 Å². The fraction of sp³-hybridized carbons (Fsp3) is 0.556. The molecular formula is C18H29N3O3. The van der Waals surface area contributed by atoms with E-state index in [0.29, 0.717) is 18.0 Å². The van der Waals surface area contributed by atoms with Crippen LogP contribution in [0.25, 0.3) is 0 Å². The number of hydrogen-bond acceptors (Lipinski definition) is 3. The van der Waals surface area contributed by atoms with Crippen LogP contribution in [0.15, 0.2) is 24.3 Å². The third kappa shape index (κ3) is 8.41. The smallest absolute Gasteiger partial charge is 0.410 e. The van der Waals surface area contributed by atoms with Gasteiger partial charge in [0.1, 0.15) is 5.75 Å². The van der Waals surface area contributed by atoms with Crippen LogP contribution >= 0.6 is 0 Å². The van der Waals surface area contributed by atoms with Gasteiger partial charge >= 0.3 is 12.1 Å². The van der Waals surface area contributed by atoms with E-state index in [0.717, 1.165) is 12.8 Å². The first-order chi connectivity index (χ1) is 11.5. The van der Waals surface area contributed by atoms with Gasteiger partial charge < -0.3 is 20.3 Å². The van der Waals surface area contributed by atoms with Crippen LogP contribution in [0, 0.1) is 0 Å². The Kier molecular flexibility index (Phi) is 9.34. The molecule has 2 N–H and O–H groups in total. The predicted octanol–water partition coefficient (Wildman–Crippen LogP) is 4.23. The fourth-order valence-corrected chi connectivity index (χ4v) is 2.08. The standard InChI is InChI=1S/C18H29N3O3/c1-4-5-6-7-8-9-14-19-18(23)24-16-12-10-15(11-13-16)20-17(22)21(2)3/h10-13H,4-9,14H2,1-3H3,(H,19,23)(H,20,22). The van der Waals surface area contributed by atoms with Crippen molar-refractivity contribution in [2.24, 2.45) is 0 Å². The first-order valence-electron chi connectivity index (χ1n) is 8.57. The molecule has 0 aliphatic heterocycles. The highest BCUT2D eigenvalue weighted by molar-refractivity contribution is 5.89. The van der Waals surface area contributed by atoms with Crippen molar-refractivity contribution in [3.63, 3.8) is 0 Å². The summed E-state index contributed by atoms with van der Waals surface area (Å²) >= 11 is 0. The van der Waals surface area contributed by atoms with Crippen molar-refractivity contribution in [2.45, 2.75) is 45.4 Å². The van der Waals surface area contributed by atoms with E-state index in [9.17, 15) is 9.59 Å². The zero-order valence-electron chi connectivity index (χ0n) is 14.9. The molecule has 1 aromatic rings. The van der Waals surface area contributed by atoms with Gasteiger partial charge in [-0.2, -0.15) is 0 Å². The maximum Gasteiger partial charge on any atom is 0.412 e. The van der Waals surface area contributed by atoms with Gasteiger partial charge in [0.15, 0.2) is 0 Å². The van der Waals surface area contributed by atoms with Gasteiger partial charge in [-0.1, -0.05) is 39.0 Å². The van der Waals surface area contributed by atoms with Crippen molar-refractivity contribution in [2.75, 3.05) is 26.0 Å². The van der Waals surface area contributed by atoms with E-state index in [1.165, 1.54) is 30.6 Å². The maximum absolute atomic E-state index is 11.7. The Morgan fingerprint density at radius 1 is 1.00 bits per heavy atom. The third-order valence-corrected chi connectivity index (χ3v) is 3.52. The lowest BCUT2D eigenvalue weighted by atomic mass is 10.1. The Labute approximate surface area is 144 Å². The number of hydrogen-bond donors (Lipinski definition) is 2. The summed E-state index contributed by atoms with van der Waals surface area (Å²) in [7, 11) is 3.34. The molecule has 0 unspecified atom stereocenters. The van der Waals surface area contributed by atoms with Crippen LogP contribution in [0.3, 0.4) is 0 Å². The lowest BCUT2D eigenvalue weighted by Gasteiger charge is -2.12. The van der Waals surface area contributed by atoms with E-state index in [4.69, 9.17) is 4.74 Å². The maximum atomic E-state index is 11.7. The number of ether oxygens (including phenoxy) is 1. The SMILES string of the molecule is CCCCCCCCNC(=O)Oc1ccc(NC(=O)N(C)C)cc1. The molecule has 0 aromatic heterocycles. The second kappa shape index (κ2) is 11.3. The molecule has 0 aliphatic rings. The Hall–Kier alpha value is -2.24. The van der Waals surface area contributed by atoms with E-state index < -0.39 is 6.09 Å². The highest BCUT2D eigenvalue weighted by Gasteiger charge is 2.06. The number of amides is 3. The average Bonchev–Trinajstić information content (AvgIpc) is 2.55. The van der Waals surface area contributed by atoms with Crippen LogP contribution in [0.1, 0.15) is 45.4 Å². The van der Waals surface area contributed by atoms with Gasteiger partial charge in [0.25, 0.3) is 0 Å². The fourth-order valence-electron chi connectivity index (χ4n) is 2.08. The number of benzene rings is 1. The molecule has 0 fully saturated rings. The molecule has 1 rings (SSSR count). The number of carbonyl (C=O) groups excluding carboxylic acids is 2. The summed E-state index contributed by atoms with van der Waals surface area (Å²) in [4.78, 5) is 24.7. The summed E-state index contributed by atoms with van der Waals surface area (Å²) in [6.45, 7) is 2.82. The van der Waals surface area contributed by atoms with Gasteiger partial charge in [0.05, 0.1) is 0 Å². The van der Waals surface area contributed by atoms with Gasteiger partial charge in [-0.3, -0.25) is 0 Å². The van der Waals surface area contributed by atoms with Crippen LogP contribution < -0.4 is 15.4 Å². The monoisotopic (exact) mass is 335 g/mol. The molecule has 0 radical (unpaired) electrons. The molecule has 6 nitrogen and oxygen atoms in total. The largest absolute Gasteiger partial charge is 0.412 e. The molecule has 6 heteroatoms. The van der Waals surface area contributed by atoms with Crippen molar-refractivity contribution in [3.05, 3.63) is 24.3 Å². The molecule has 0 bridgehead atoms. The Morgan fingerprint density at radius 3 is 2.25 bits per heavy atom. The van der Waals surface area contributed by atoms with Crippen molar-refractivity contribution >= 4 is 17.8 Å². The molecule has 24 heavy (non-hydrogen) atoms. The molecule has 0 aliphatic carbocycles. The first kappa shape index (κ1) is 19.8. The molecule has 0 saturated carbocycles. The second-order valence-electron chi connectivity index (χ2n) is 5.93. The van der Waals surface area contributed by atoms with Crippen LogP contribution in [0.2, 0.25) is 0 Å². The van der Waals surface area contributed by atoms with E-state index >= 15 is 0 Å². The Balaban J connectivity index is 2.23. The molecular weight excluding hydrogens is 306 g/mol. The third-order valence-electron chi connectivity index (χ3n) is 3.52. The summed E-state index contributed by atoms with van der Waals surface area (Å²) in [5.41, 5.74) is 0.647. The van der Waals surface area contributed by atoms with Gasteiger partial charge in [0, 0.05) is 26.3 Å². The predicted molar refractivity (Wildman–Crippen MR) is 96.6 cm³/mol. The molecule has 0 heterocycles. The normalized spacial score (nSPS) is 10.1. The van der Waals surface area contributed by atoms with Gasteiger partial charge in [-0.05, 0) is 30.7 Å². The number of rotatable bonds is 9. The lowest BCUT2D eigenvalue weighted by molar-refractivity contribution is 0.200. The van der Waals surface area contributed by atoms with Crippen molar-refractivity contribution in [1.29, 1.82) is 0 Å². The van der Waals surface area contributed by atoms with Gasteiger partial charge in [-0.25, -0.2) is 9.59 Å². The second-order valence-corrected chi connectivity index (χ2v) is 5.93. The van der Waals surface area contributed by atoms with Gasteiger partial charge in [0.2, 0.25) is 0 Å². The first-order valence-corrected chi connectivity index (χ1v) is 8.57. The minimum absolute atomic E-state index is 0.208. The molecule has 1 aromatic carbocycles. The molecule has 0 spiro atoms. The lowest BCUT2D eigenvalue weighted by Crippen LogP contribution is -2.28. The van der Waals surface area contributed by atoms with Crippen LogP contribution in [-0.4, -0.2) is 37.7 Å². The van der Waals surface area contributed by atoms with Crippen molar-refractivity contribution in [1.82, 2.24) is 10.2 Å². The van der Waals surface area contributed by atoms with E-state index in [-0.39, 0.29) is 6.03 Å². The topological polar surface area (TPSA) is 70.7 Å². The summed E-state index contributed by atoms with van der Waals surface area (Å²) in [6, 6.07) is 6.47. The summed E-state index contributed by atoms with van der Waals surface area (Å²) in [5, 5.41) is 5.46. The number of nitrogens with one attached hydrogen (secondary N) is 2. The molecule has 134 valence electrons. The zero-order valence-corrected chi connectivity index (χ0v) is 14.9. The highest BCUT2D eigenvalue weighted by atomic mass is 16.6. The molecule has 3 amide bonds. The number of urea groups is 1. The summed E-state index contributed by atoms with van der Waals surface area (Å²) in [5.74, 6) is 0.443. The summed E-state index contributed by atoms with van der Waals surface area (Å²) in [6.07, 6.45) is 6.63. The number of carbonyl (C=O) groups is 2. The number of nitrogens with zero attached hydrogens (tertiary/aromatic N) is 1. The summed E-state index contributed by atoms with van der Waals surface area (Å²) < 4.78 is 5.19. The van der Waals surface area contributed by atoms with Crippen molar-refractivity contribution in [3.8, 4) is 5.75 Å².